The summed E-state index contributed by atoms with van der Waals surface area (Å²) in [6, 6.07) is 7.47. The number of amides is 2. The molecule has 0 fully saturated rings. The fraction of sp³-hybridized carbons (Fsp3) is 0.214. The monoisotopic (exact) mass is 288 g/mol. The topological polar surface area (TPSA) is 96.3 Å². The van der Waals surface area contributed by atoms with Gasteiger partial charge in [0.05, 0.1) is 11.9 Å². The van der Waals surface area contributed by atoms with Crippen LogP contribution in [0.15, 0.2) is 36.7 Å². The van der Waals surface area contributed by atoms with Crippen LogP contribution in [0.25, 0.3) is 0 Å². The van der Waals surface area contributed by atoms with Gasteiger partial charge in [0.2, 0.25) is 0 Å². The first-order valence-corrected chi connectivity index (χ1v) is 6.37. The number of urea groups is 1. The molecule has 21 heavy (non-hydrogen) atoms. The van der Waals surface area contributed by atoms with Crippen LogP contribution in [-0.4, -0.2) is 26.9 Å². The molecule has 0 aliphatic rings. The second kappa shape index (κ2) is 6.56. The highest BCUT2D eigenvalue weighted by Gasteiger charge is 2.06. The predicted octanol–water partition coefficient (Wildman–Crippen LogP) is 1.60. The van der Waals surface area contributed by atoms with E-state index >= 15 is 0 Å². The zero-order valence-electron chi connectivity index (χ0n) is 11.5. The Labute approximate surface area is 121 Å². The van der Waals surface area contributed by atoms with Crippen molar-refractivity contribution in [2.75, 3.05) is 5.32 Å². The maximum Gasteiger partial charge on any atom is 0.325 e. The van der Waals surface area contributed by atoms with Crippen molar-refractivity contribution in [2.24, 2.45) is 0 Å². The maximum atomic E-state index is 11.7. The number of anilines is 1. The quantitative estimate of drug-likeness (QED) is 0.778. The molecule has 0 atom stereocenters. The smallest absolute Gasteiger partial charge is 0.325 e. The molecule has 2 rings (SSSR count). The number of rotatable bonds is 5. The fourth-order valence-corrected chi connectivity index (χ4v) is 1.83. The standard InChI is InChI=1S/C14H16N4O3/c1-10-3-2-4-11(5-10)6-15-14(21)17-12-7-16-18(8-12)9-13(19)20/h2-5,7-8H,6,9H2,1H3,(H,19,20)(H2,15,17,21). The largest absolute Gasteiger partial charge is 0.480 e. The Morgan fingerprint density at radius 3 is 2.90 bits per heavy atom. The number of aromatic nitrogens is 2. The molecule has 110 valence electrons. The summed E-state index contributed by atoms with van der Waals surface area (Å²) >= 11 is 0. The van der Waals surface area contributed by atoms with Crippen LogP contribution in [0.4, 0.5) is 10.5 Å². The Morgan fingerprint density at radius 1 is 1.38 bits per heavy atom. The molecule has 3 N–H and O–H groups in total. The number of carbonyl (C=O) groups excluding carboxylic acids is 1. The third kappa shape index (κ3) is 4.64. The second-order valence-electron chi connectivity index (χ2n) is 4.62. The van der Waals surface area contributed by atoms with E-state index in [4.69, 9.17) is 5.11 Å². The van der Waals surface area contributed by atoms with Gasteiger partial charge in [-0.2, -0.15) is 5.10 Å². The summed E-state index contributed by atoms with van der Waals surface area (Å²) in [5, 5.41) is 17.8. The van der Waals surface area contributed by atoms with E-state index in [0.717, 1.165) is 11.1 Å². The number of carboxylic acids is 1. The van der Waals surface area contributed by atoms with Crippen LogP contribution in [0, 0.1) is 6.92 Å². The Hall–Kier alpha value is -2.83. The summed E-state index contributed by atoms with van der Waals surface area (Å²) in [5.74, 6) is -0.992. The van der Waals surface area contributed by atoms with Gasteiger partial charge in [0.1, 0.15) is 6.54 Å². The molecule has 2 amide bonds. The third-order valence-electron chi connectivity index (χ3n) is 2.72. The van der Waals surface area contributed by atoms with Crippen LogP contribution in [0.5, 0.6) is 0 Å². The third-order valence-corrected chi connectivity index (χ3v) is 2.72. The van der Waals surface area contributed by atoms with Gasteiger partial charge in [-0.1, -0.05) is 29.8 Å². The molecule has 2 aromatic rings. The van der Waals surface area contributed by atoms with Crippen molar-refractivity contribution in [1.29, 1.82) is 0 Å². The van der Waals surface area contributed by atoms with Crippen LogP contribution in [0.3, 0.4) is 0 Å². The van der Waals surface area contributed by atoms with Crippen molar-refractivity contribution in [3.63, 3.8) is 0 Å². The zero-order valence-corrected chi connectivity index (χ0v) is 11.5. The highest BCUT2D eigenvalue weighted by atomic mass is 16.4. The Morgan fingerprint density at radius 2 is 2.19 bits per heavy atom. The van der Waals surface area contributed by atoms with Crippen molar-refractivity contribution in [3.8, 4) is 0 Å². The summed E-state index contributed by atoms with van der Waals surface area (Å²) in [7, 11) is 0. The lowest BCUT2D eigenvalue weighted by molar-refractivity contribution is -0.137. The van der Waals surface area contributed by atoms with Crippen LogP contribution < -0.4 is 10.6 Å². The molecular weight excluding hydrogens is 272 g/mol. The van der Waals surface area contributed by atoms with Crippen molar-refractivity contribution in [2.45, 2.75) is 20.0 Å². The molecule has 7 heteroatoms. The number of benzene rings is 1. The van der Waals surface area contributed by atoms with Crippen LogP contribution in [0.1, 0.15) is 11.1 Å². The Balaban J connectivity index is 1.84. The molecule has 0 saturated carbocycles. The second-order valence-corrected chi connectivity index (χ2v) is 4.62. The number of aliphatic carboxylic acids is 1. The maximum absolute atomic E-state index is 11.7. The van der Waals surface area contributed by atoms with E-state index in [9.17, 15) is 9.59 Å². The first-order chi connectivity index (χ1) is 10.0. The lowest BCUT2D eigenvalue weighted by atomic mass is 10.1. The van der Waals surface area contributed by atoms with Gasteiger partial charge in [0.15, 0.2) is 0 Å². The van der Waals surface area contributed by atoms with Gasteiger partial charge in [-0.15, -0.1) is 0 Å². The number of hydrogen-bond acceptors (Lipinski definition) is 3. The van der Waals surface area contributed by atoms with Crippen molar-refractivity contribution >= 4 is 17.7 Å². The number of hydrogen-bond donors (Lipinski definition) is 3. The zero-order chi connectivity index (χ0) is 15.2. The number of carbonyl (C=O) groups is 2. The lowest BCUT2D eigenvalue weighted by Crippen LogP contribution is -2.28. The van der Waals surface area contributed by atoms with Gasteiger partial charge >= 0.3 is 12.0 Å². The van der Waals surface area contributed by atoms with Gasteiger partial charge in [0, 0.05) is 12.7 Å². The SMILES string of the molecule is Cc1cccc(CNC(=O)Nc2cnn(CC(=O)O)c2)c1. The summed E-state index contributed by atoms with van der Waals surface area (Å²) < 4.78 is 1.23. The molecule has 0 radical (unpaired) electrons. The van der Waals surface area contributed by atoms with E-state index in [-0.39, 0.29) is 12.6 Å². The molecule has 0 aliphatic heterocycles. The van der Waals surface area contributed by atoms with E-state index < -0.39 is 5.97 Å². The summed E-state index contributed by atoms with van der Waals surface area (Å²) in [4.78, 5) is 22.3. The molecule has 1 heterocycles. The minimum absolute atomic E-state index is 0.243. The van der Waals surface area contributed by atoms with E-state index in [1.165, 1.54) is 17.1 Å². The molecule has 0 aliphatic carbocycles. The Kier molecular flexibility index (Phi) is 4.55. The molecule has 1 aromatic heterocycles. The normalized spacial score (nSPS) is 10.1. The molecule has 0 unspecified atom stereocenters. The van der Waals surface area contributed by atoms with Crippen molar-refractivity contribution in [3.05, 3.63) is 47.8 Å². The number of aryl methyl sites for hydroxylation is 1. The van der Waals surface area contributed by atoms with Crippen molar-refractivity contribution < 1.29 is 14.7 Å². The predicted molar refractivity (Wildman–Crippen MR) is 76.9 cm³/mol. The van der Waals surface area contributed by atoms with Crippen LogP contribution in [0.2, 0.25) is 0 Å². The molecule has 0 spiro atoms. The molecule has 0 bridgehead atoms. The van der Waals surface area contributed by atoms with Crippen molar-refractivity contribution in [1.82, 2.24) is 15.1 Å². The van der Waals surface area contributed by atoms with E-state index in [1.807, 2.05) is 31.2 Å². The minimum atomic E-state index is -0.992. The van der Waals surface area contributed by atoms with Gasteiger partial charge < -0.3 is 15.7 Å². The highest BCUT2D eigenvalue weighted by Crippen LogP contribution is 2.06. The van der Waals surface area contributed by atoms with E-state index in [1.54, 1.807) is 0 Å². The molecule has 1 aromatic carbocycles. The van der Waals surface area contributed by atoms with Crippen LogP contribution in [-0.2, 0) is 17.9 Å². The molecule has 0 saturated heterocycles. The minimum Gasteiger partial charge on any atom is -0.480 e. The lowest BCUT2D eigenvalue weighted by Gasteiger charge is -2.06. The average Bonchev–Trinajstić information content (AvgIpc) is 2.83. The molecule has 7 nitrogen and oxygen atoms in total. The summed E-state index contributed by atoms with van der Waals surface area (Å²) in [6.07, 6.45) is 2.86. The van der Waals surface area contributed by atoms with Gasteiger partial charge in [-0.3, -0.25) is 9.48 Å². The first-order valence-electron chi connectivity index (χ1n) is 6.37. The highest BCUT2D eigenvalue weighted by molar-refractivity contribution is 5.88. The van der Waals surface area contributed by atoms with Gasteiger partial charge in [-0.25, -0.2) is 4.79 Å². The van der Waals surface area contributed by atoms with Gasteiger partial charge in [0.25, 0.3) is 0 Å². The molecular formula is C14H16N4O3. The van der Waals surface area contributed by atoms with E-state index in [0.29, 0.717) is 12.2 Å². The van der Waals surface area contributed by atoms with E-state index in [2.05, 4.69) is 15.7 Å². The number of carboxylic acid groups (broad SMARTS) is 1. The van der Waals surface area contributed by atoms with Gasteiger partial charge in [-0.05, 0) is 12.5 Å². The fourth-order valence-electron chi connectivity index (χ4n) is 1.83. The number of nitrogens with one attached hydrogen (secondary N) is 2. The number of nitrogens with zero attached hydrogens (tertiary/aromatic N) is 2. The Bertz CT molecular complexity index is 651. The summed E-state index contributed by atoms with van der Waals surface area (Å²) in [5.41, 5.74) is 2.58. The average molecular weight is 288 g/mol. The summed E-state index contributed by atoms with van der Waals surface area (Å²) in [6.45, 7) is 2.16. The first kappa shape index (κ1) is 14.6. The van der Waals surface area contributed by atoms with Crippen LogP contribution >= 0.6 is 0 Å².